The first-order chi connectivity index (χ1) is 8.02. The average molecular weight is 244 g/mol. The number of nitrogens with zero attached hydrogens (tertiary/aromatic N) is 1. The van der Waals surface area contributed by atoms with Gasteiger partial charge in [-0.1, -0.05) is 0 Å². The molecule has 0 aliphatic carbocycles. The van der Waals surface area contributed by atoms with E-state index in [-0.39, 0.29) is 18.5 Å². The number of aliphatic carboxylic acids is 1. The van der Waals surface area contributed by atoms with Gasteiger partial charge in [-0.05, 0) is 19.8 Å². The maximum atomic E-state index is 11.0. The Bertz CT molecular complexity index is 283. The molecule has 1 aliphatic heterocycles. The van der Waals surface area contributed by atoms with Crippen LogP contribution in [-0.4, -0.2) is 54.4 Å². The molecule has 1 amide bonds. The quantitative estimate of drug-likeness (QED) is 0.743. The molecule has 6 heteroatoms. The van der Waals surface area contributed by atoms with E-state index in [0.717, 1.165) is 19.5 Å². The van der Waals surface area contributed by atoms with Crippen LogP contribution in [0.2, 0.25) is 0 Å². The normalized spacial score (nSPS) is 22.1. The highest BCUT2D eigenvalue weighted by molar-refractivity contribution is 5.67. The number of methoxy groups -OCH3 is 1. The number of hydrogen-bond acceptors (Lipinski definition) is 4. The van der Waals surface area contributed by atoms with E-state index in [9.17, 15) is 9.59 Å². The van der Waals surface area contributed by atoms with Crippen LogP contribution in [0.5, 0.6) is 0 Å². The number of ether oxygens (including phenoxy) is 1. The zero-order valence-corrected chi connectivity index (χ0v) is 10.3. The third-order valence-corrected chi connectivity index (χ3v) is 3.13. The zero-order valence-electron chi connectivity index (χ0n) is 10.3. The minimum Gasteiger partial charge on any atom is -0.481 e. The number of hydrogen-bond donors (Lipinski definition) is 2. The van der Waals surface area contributed by atoms with Gasteiger partial charge in [-0.2, -0.15) is 0 Å². The van der Waals surface area contributed by atoms with Gasteiger partial charge in [0.1, 0.15) is 0 Å². The number of likely N-dealkylation sites (tertiary alicyclic amines) is 1. The fourth-order valence-electron chi connectivity index (χ4n) is 2.05. The number of amides is 1. The van der Waals surface area contributed by atoms with E-state index in [1.807, 2.05) is 6.92 Å². The van der Waals surface area contributed by atoms with E-state index in [2.05, 4.69) is 15.0 Å². The Kier molecular flexibility index (Phi) is 5.21. The number of alkyl carbamates (subject to hydrolysis) is 1. The maximum Gasteiger partial charge on any atom is 0.407 e. The molecule has 98 valence electrons. The molecule has 6 nitrogen and oxygen atoms in total. The average Bonchev–Trinajstić information content (AvgIpc) is 2.74. The van der Waals surface area contributed by atoms with Crippen molar-refractivity contribution in [3.8, 4) is 0 Å². The largest absolute Gasteiger partial charge is 0.481 e. The van der Waals surface area contributed by atoms with Crippen molar-refractivity contribution in [1.82, 2.24) is 10.2 Å². The van der Waals surface area contributed by atoms with Crippen molar-refractivity contribution in [2.75, 3.05) is 20.2 Å². The monoisotopic (exact) mass is 244 g/mol. The van der Waals surface area contributed by atoms with Crippen LogP contribution in [-0.2, 0) is 9.53 Å². The third kappa shape index (κ3) is 4.60. The summed E-state index contributed by atoms with van der Waals surface area (Å²) < 4.78 is 4.54. The molecule has 2 atom stereocenters. The molecular weight excluding hydrogens is 224 g/mol. The molecule has 0 bridgehead atoms. The SMILES string of the molecule is COC(=O)NC1CCN(C(C)CCC(=O)O)C1. The van der Waals surface area contributed by atoms with Gasteiger partial charge in [-0.3, -0.25) is 9.69 Å². The van der Waals surface area contributed by atoms with Crippen molar-refractivity contribution in [2.24, 2.45) is 0 Å². The Morgan fingerprint density at radius 3 is 2.88 bits per heavy atom. The van der Waals surface area contributed by atoms with E-state index in [0.29, 0.717) is 6.42 Å². The summed E-state index contributed by atoms with van der Waals surface area (Å²) in [5, 5.41) is 11.4. The molecule has 1 aliphatic rings. The molecule has 2 unspecified atom stereocenters. The fourth-order valence-corrected chi connectivity index (χ4v) is 2.05. The van der Waals surface area contributed by atoms with Gasteiger partial charge in [0.2, 0.25) is 0 Å². The lowest BCUT2D eigenvalue weighted by Crippen LogP contribution is -2.39. The second-order valence-electron chi connectivity index (χ2n) is 4.40. The Balaban J connectivity index is 2.29. The van der Waals surface area contributed by atoms with Crippen LogP contribution in [0.4, 0.5) is 4.79 Å². The second-order valence-corrected chi connectivity index (χ2v) is 4.40. The summed E-state index contributed by atoms with van der Waals surface area (Å²) >= 11 is 0. The molecule has 1 fully saturated rings. The first-order valence-corrected chi connectivity index (χ1v) is 5.83. The minimum atomic E-state index is -0.764. The summed E-state index contributed by atoms with van der Waals surface area (Å²) in [6.07, 6.45) is 1.30. The van der Waals surface area contributed by atoms with Gasteiger partial charge in [0.25, 0.3) is 0 Å². The van der Waals surface area contributed by atoms with Gasteiger partial charge in [-0.25, -0.2) is 4.79 Å². The van der Waals surface area contributed by atoms with Crippen molar-refractivity contribution >= 4 is 12.1 Å². The van der Waals surface area contributed by atoms with Crippen LogP contribution in [0.3, 0.4) is 0 Å². The van der Waals surface area contributed by atoms with Gasteiger partial charge < -0.3 is 15.2 Å². The Labute approximate surface area is 101 Å². The summed E-state index contributed by atoms with van der Waals surface area (Å²) in [6.45, 7) is 3.66. The van der Waals surface area contributed by atoms with Crippen LogP contribution in [0.25, 0.3) is 0 Å². The van der Waals surface area contributed by atoms with Crippen LogP contribution >= 0.6 is 0 Å². The van der Waals surface area contributed by atoms with E-state index in [1.165, 1.54) is 7.11 Å². The lowest BCUT2D eigenvalue weighted by molar-refractivity contribution is -0.137. The van der Waals surface area contributed by atoms with Crippen molar-refractivity contribution in [1.29, 1.82) is 0 Å². The molecule has 17 heavy (non-hydrogen) atoms. The van der Waals surface area contributed by atoms with E-state index >= 15 is 0 Å². The van der Waals surface area contributed by atoms with Gasteiger partial charge in [0.15, 0.2) is 0 Å². The lowest BCUT2D eigenvalue weighted by atomic mass is 10.1. The standard InChI is InChI=1S/C11H20N2O4/c1-8(3-4-10(14)15)13-6-5-9(7-13)12-11(16)17-2/h8-9H,3-7H2,1-2H3,(H,12,16)(H,14,15). The molecule has 1 rings (SSSR count). The summed E-state index contributed by atoms with van der Waals surface area (Å²) in [5.41, 5.74) is 0. The highest BCUT2D eigenvalue weighted by atomic mass is 16.5. The highest BCUT2D eigenvalue weighted by Gasteiger charge is 2.27. The molecule has 0 aromatic carbocycles. The van der Waals surface area contributed by atoms with Crippen LogP contribution < -0.4 is 5.32 Å². The maximum absolute atomic E-state index is 11.0. The van der Waals surface area contributed by atoms with Gasteiger partial charge >= 0.3 is 12.1 Å². The number of rotatable bonds is 5. The number of nitrogens with one attached hydrogen (secondary N) is 1. The summed E-state index contributed by atoms with van der Waals surface area (Å²) in [4.78, 5) is 23.7. The van der Waals surface area contributed by atoms with Crippen LogP contribution in [0.15, 0.2) is 0 Å². The zero-order chi connectivity index (χ0) is 12.8. The summed E-state index contributed by atoms with van der Waals surface area (Å²) in [7, 11) is 1.34. The third-order valence-electron chi connectivity index (χ3n) is 3.13. The molecule has 0 spiro atoms. The molecule has 1 heterocycles. The van der Waals surface area contributed by atoms with Crippen molar-refractivity contribution < 1.29 is 19.4 Å². The Morgan fingerprint density at radius 2 is 2.29 bits per heavy atom. The van der Waals surface area contributed by atoms with Crippen LogP contribution in [0.1, 0.15) is 26.2 Å². The lowest BCUT2D eigenvalue weighted by Gasteiger charge is -2.23. The van der Waals surface area contributed by atoms with E-state index < -0.39 is 12.1 Å². The highest BCUT2D eigenvalue weighted by Crippen LogP contribution is 2.15. The van der Waals surface area contributed by atoms with Crippen molar-refractivity contribution in [3.05, 3.63) is 0 Å². The summed E-state index contributed by atoms with van der Waals surface area (Å²) in [5.74, 6) is -0.764. The molecule has 0 aromatic heterocycles. The Hall–Kier alpha value is -1.30. The second kappa shape index (κ2) is 6.44. The number of carboxylic acid groups (broad SMARTS) is 1. The predicted octanol–water partition coefficient (Wildman–Crippen LogP) is 0.670. The van der Waals surface area contributed by atoms with Gasteiger partial charge in [0.05, 0.1) is 7.11 Å². The molecule has 2 N–H and O–H groups in total. The first kappa shape index (κ1) is 13.8. The van der Waals surface area contributed by atoms with Crippen LogP contribution in [0, 0.1) is 0 Å². The van der Waals surface area contributed by atoms with Crippen molar-refractivity contribution in [3.63, 3.8) is 0 Å². The molecule has 0 saturated carbocycles. The number of carbonyl (C=O) groups excluding carboxylic acids is 1. The minimum absolute atomic E-state index is 0.106. The van der Waals surface area contributed by atoms with Gasteiger partial charge in [0, 0.05) is 31.6 Å². The first-order valence-electron chi connectivity index (χ1n) is 5.83. The topological polar surface area (TPSA) is 78.9 Å². The molecule has 0 aromatic rings. The van der Waals surface area contributed by atoms with Crippen molar-refractivity contribution in [2.45, 2.75) is 38.3 Å². The smallest absolute Gasteiger partial charge is 0.407 e. The number of carbonyl (C=O) groups is 2. The Morgan fingerprint density at radius 1 is 1.59 bits per heavy atom. The number of carboxylic acids is 1. The van der Waals surface area contributed by atoms with E-state index in [1.54, 1.807) is 0 Å². The summed E-state index contributed by atoms with van der Waals surface area (Å²) in [6, 6.07) is 0.338. The molecule has 1 saturated heterocycles. The fraction of sp³-hybridized carbons (Fsp3) is 0.818. The molecule has 0 radical (unpaired) electrons. The van der Waals surface area contributed by atoms with E-state index in [4.69, 9.17) is 5.11 Å². The van der Waals surface area contributed by atoms with Gasteiger partial charge in [-0.15, -0.1) is 0 Å². The predicted molar refractivity (Wildman–Crippen MR) is 61.9 cm³/mol. The molecular formula is C11H20N2O4.